The lowest BCUT2D eigenvalue weighted by molar-refractivity contribution is 0.284. The van der Waals surface area contributed by atoms with Crippen LogP contribution in [0, 0.1) is 0 Å². The highest BCUT2D eigenvalue weighted by molar-refractivity contribution is 7.78. The maximum Gasteiger partial charge on any atom is 0.150 e. The molecule has 0 fully saturated rings. The number of pyridine rings is 1. The molecule has 0 saturated heterocycles. The van der Waals surface area contributed by atoms with Gasteiger partial charge in [0, 0.05) is 48.8 Å². The van der Waals surface area contributed by atoms with E-state index in [2.05, 4.69) is 29.0 Å². The highest BCUT2D eigenvalue weighted by atomic mass is 32.1. The molecule has 0 spiro atoms. The van der Waals surface area contributed by atoms with Crippen LogP contribution in [0.5, 0.6) is 0 Å². The quantitative estimate of drug-likeness (QED) is 0.562. The molecule has 0 aliphatic carbocycles. The van der Waals surface area contributed by atoms with E-state index in [9.17, 15) is 0 Å². The van der Waals surface area contributed by atoms with Crippen molar-refractivity contribution in [3.8, 4) is 11.1 Å². The summed E-state index contributed by atoms with van der Waals surface area (Å²) in [6.07, 6.45) is 10.4. The molecule has 110 valence electrons. The van der Waals surface area contributed by atoms with Crippen LogP contribution in [0.1, 0.15) is 18.4 Å². The summed E-state index contributed by atoms with van der Waals surface area (Å²) in [7, 11) is 1.90. The molecule has 0 radical (unpaired) electrons. The molecule has 6 heteroatoms. The molecule has 0 unspecified atom stereocenters. The maximum atomic E-state index is 8.88. The van der Waals surface area contributed by atoms with Crippen LogP contribution in [0.15, 0.2) is 30.9 Å². The summed E-state index contributed by atoms with van der Waals surface area (Å²) in [5.74, 6) is 0. The van der Waals surface area contributed by atoms with Crippen molar-refractivity contribution < 1.29 is 5.11 Å². The molecule has 0 saturated carbocycles. The Morgan fingerprint density at radius 3 is 2.81 bits per heavy atom. The molecular formula is C15H18N4OS. The topological polar surface area (TPSA) is 55.9 Å². The molecule has 3 aromatic heterocycles. The molecule has 0 aliphatic heterocycles. The molecule has 0 amide bonds. The monoisotopic (exact) mass is 302 g/mol. The molecule has 3 aromatic rings. The fourth-order valence-electron chi connectivity index (χ4n) is 2.50. The number of hydrogen-bond donors (Lipinski definition) is 2. The number of fused-ring (bicyclic) bond motifs is 1. The highest BCUT2D eigenvalue weighted by Gasteiger charge is 2.12. The molecule has 0 aliphatic rings. The number of aryl methyl sites for hydroxylation is 2. The Hall–Kier alpha value is -1.79. The fourth-order valence-corrected chi connectivity index (χ4v) is 2.78. The van der Waals surface area contributed by atoms with Crippen molar-refractivity contribution in [3.05, 3.63) is 36.4 Å². The van der Waals surface area contributed by atoms with Gasteiger partial charge in [0.1, 0.15) is 5.65 Å². The van der Waals surface area contributed by atoms with Gasteiger partial charge in [-0.2, -0.15) is 5.10 Å². The Balaban J connectivity index is 2.02. The van der Waals surface area contributed by atoms with Gasteiger partial charge in [0.2, 0.25) is 0 Å². The molecule has 3 rings (SSSR count). The Morgan fingerprint density at radius 2 is 2.10 bits per heavy atom. The first-order valence-corrected chi connectivity index (χ1v) is 7.38. The fraction of sp³-hybridized carbons (Fsp3) is 0.333. The standard InChI is InChI=1S/C15H18N4OS/c1-18-9-12(8-17-18)14-10-19(21)15-13(14)6-11(7-16-15)4-2-3-5-20/h6-10,20-21H,2-5H2,1H3. The van der Waals surface area contributed by atoms with Crippen LogP contribution in [-0.4, -0.2) is 30.5 Å². The Bertz CT molecular complexity index is 762. The van der Waals surface area contributed by atoms with Crippen LogP contribution < -0.4 is 0 Å². The number of hydrogen-bond acceptors (Lipinski definition) is 4. The second kappa shape index (κ2) is 5.91. The van der Waals surface area contributed by atoms with E-state index in [1.807, 2.05) is 31.8 Å². The number of nitrogens with zero attached hydrogens (tertiary/aromatic N) is 4. The summed E-state index contributed by atoms with van der Waals surface area (Å²) in [5, 5.41) is 14.2. The van der Waals surface area contributed by atoms with Gasteiger partial charge in [-0.15, -0.1) is 0 Å². The first-order chi connectivity index (χ1) is 10.2. The van der Waals surface area contributed by atoms with Gasteiger partial charge in [0.15, 0.2) is 0 Å². The molecule has 0 aromatic carbocycles. The van der Waals surface area contributed by atoms with Gasteiger partial charge in [-0.1, -0.05) is 12.8 Å². The Labute approximate surface area is 128 Å². The number of aliphatic hydroxyl groups excluding tert-OH is 1. The number of aliphatic hydroxyl groups is 1. The van der Waals surface area contributed by atoms with E-state index in [0.717, 1.165) is 41.4 Å². The minimum absolute atomic E-state index is 0.240. The lowest BCUT2D eigenvalue weighted by Crippen LogP contribution is -1.91. The predicted molar refractivity (Wildman–Crippen MR) is 86.3 cm³/mol. The first kappa shape index (κ1) is 14.2. The Kier molecular flexibility index (Phi) is 3.98. The molecule has 1 N–H and O–H groups in total. The summed E-state index contributed by atoms with van der Waals surface area (Å²) in [4.78, 5) is 4.51. The summed E-state index contributed by atoms with van der Waals surface area (Å²) in [5.41, 5.74) is 4.18. The van der Waals surface area contributed by atoms with E-state index in [-0.39, 0.29) is 6.61 Å². The van der Waals surface area contributed by atoms with Crippen molar-refractivity contribution in [2.24, 2.45) is 7.05 Å². The summed E-state index contributed by atoms with van der Waals surface area (Å²) >= 11 is 4.44. The van der Waals surface area contributed by atoms with E-state index in [1.165, 1.54) is 5.56 Å². The SMILES string of the molecule is Cn1cc(-c2cn(S)c3ncc(CCCCO)cc23)cn1. The van der Waals surface area contributed by atoms with Gasteiger partial charge in [-0.3, -0.25) is 8.65 Å². The Morgan fingerprint density at radius 1 is 1.24 bits per heavy atom. The van der Waals surface area contributed by atoms with Gasteiger partial charge in [0.05, 0.1) is 6.20 Å². The smallest absolute Gasteiger partial charge is 0.150 e. The number of unbranched alkanes of at least 4 members (excludes halogenated alkanes) is 1. The van der Waals surface area contributed by atoms with Gasteiger partial charge in [-0.05, 0) is 30.9 Å². The minimum atomic E-state index is 0.240. The van der Waals surface area contributed by atoms with E-state index >= 15 is 0 Å². The first-order valence-electron chi connectivity index (χ1n) is 6.98. The molecule has 0 bridgehead atoms. The third-order valence-electron chi connectivity index (χ3n) is 3.57. The number of aromatic nitrogens is 4. The van der Waals surface area contributed by atoms with Gasteiger partial charge < -0.3 is 5.11 Å². The maximum absolute atomic E-state index is 8.88. The highest BCUT2D eigenvalue weighted by Crippen LogP contribution is 2.30. The molecule has 0 atom stereocenters. The van der Waals surface area contributed by atoms with Crippen molar-refractivity contribution in [1.82, 2.24) is 18.7 Å². The van der Waals surface area contributed by atoms with Crippen LogP contribution in [0.3, 0.4) is 0 Å². The van der Waals surface area contributed by atoms with E-state index < -0.39 is 0 Å². The summed E-state index contributed by atoms with van der Waals surface area (Å²) < 4.78 is 3.53. The normalized spacial score (nSPS) is 11.4. The summed E-state index contributed by atoms with van der Waals surface area (Å²) in [6, 6.07) is 2.16. The summed E-state index contributed by atoms with van der Waals surface area (Å²) in [6.45, 7) is 0.240. The average Bonchev–Trinajstić information content (AvgIpc) is 3.03. The zero-order valence-electron chi connectivity index (χ0n) is 11.9. The second-order valence-electron chi connectivity index (χ2n) is 5.19. The lowest BCUT2D eigenvalue weighted by Gasteiger charge is -2.02. The van der Waals surface area contributed by atoms with Crippen LogP contribution in [0.4, 0.5) is 0 Å². The molecule has 5 nitrogen and oxygen atoms in total. The van der Waals surface area contributed by atoms with Crippen LogP contribution in [-0.2, 0) is 13.5 Å². The average molecular weight is 302 g/mol. The van der Waals surface area contributed by atoms with Crippen LogP contribution in [0.25, 0.3) is 22.2 Å². The number of rotatable bonds is 5. The zero-order valence-corrected chi connectivity index (χ0v) is 12.8. The van der Waals surface area contributed by atoms with Crippen molar-refractivity contribution in [2.75, 3.05) is 6.61 Å². The third kappa shape index (κ3) is 2.82. The lowest BCUT2D eigenvalue weighted by atomic mass is 10.1. The van der Waals surface area contributed by atoms with Crippen molar-refractivity contribution >= 4 is 23.8 Å². The van der Waals surface area contributed by atoms with Crippen molar-refractivity contribution in [1.29, 1.82) is 0 Å². The van der Waals surface area contributed by atoms with Crippen molar-refractivity contribution in [2.45, 2.75) is 19.3 Å². The molecule has 21 heavy (non-hydrogen) atoms. The zero-order chi connectivity index (χ0) is 14.8. The van der Waals surface area contributed by atoms with Crippen LogP contribution >= 0.6 is 12.8 Å². The molecular weight excluding hydrogens is 284 g/mol. The van der Waals surface area contributed by atoms with E-state index in [1.54, 1.807) is 8.65 Å². The minimum Gasteiger partial charge on any atom is -0.396 e. The van der Waals surface area contributed by atoms with Gasteiger partial charge in [0.25, 0.3) is 0 Å². The third-order valence-corrected chi connectivity index (χ3v) is 3.88. The predicted octanol–water partition coefficient (Wildman–Crippen LogP) is 2.44. The van der Waals surface area contributed by atoms with Crippen molar-refractivity contribution in [3.63, 3.8) is 0 Å². The largest absolute Gasteiger partial charge is 0.396 e. The number of thiol groups is 1. The van der Waals surface area contributed by atoms with Gasteiger partial charge >= 0.3 is 0 Å². The molecule has 3 heterocycles. The second-order valence-corrected chi connectivity index (χ2v) is 5.62. The van der Waals surface area contributed by atoms with Gasteiger partial charge in [-0.25, -0.2) is 4.98 Å². The van der Waals surface area contributed by atoms with E-state index in [4.69, 9.17) is 5.11 Å². The van der Waals surface area contributed by atoms with E-state index in [0.29, 0.717) is 0 Å². The van der Waals surface area contributed by atoms with Crippen LogP contribution in [0.2, 0.25) is 0 Å².